The first-order chi connectivity index (χ1) is 4.79. The van der Waals surface area contributed by atoms with Gasteiger partial charge < -0.3 is 9.47 Å². The second-order valence-corrected chi connectivity index (χ2v) is 2.41. The third kappa shape index (κ3) is 2.35. The second kappa shape index (κ2) is 3.56. The maximum atomic E-state index is 10.4. The Morgan fingerprint density at radius 3 is 2.90 bits per heavy atom. The van der Waals surface area contributed by atoms with Gasteiger partial charge in [-0.1, -0.05) is 0 Å². The van der Waals surface area contributed by atoms with Crippen LogP contribution >= 0.6 is 0 Å². The Morgan fingerprint density at radius 1 is 1.60 bits per heavy atom. The van der Waals surface area contributed by atoms with Crippen LogP contribution in [0, 0.1) is 0 Å². The quantitative estimate of drug-likeness (QED) is 0.516. The SMILES string of the molecule is CC(=O)O[C@@H]1CCCCO1. The fourth-order valence-corrected chi connectivity index (χ4v) is 0.989. The van der Waals surface area contributed by atoms with Crippen molar-refractivity contribution >= 4 is 5.97 Å². The van der Waals surface area contributed by atoms with Crippen LogP contribution in [0.4, 0.5) is 0 Å². The molecule has 1 atom stereocenters. The van der Waals surface area contributed by atoms with E-state index in [0.29, 0.717) is 0 Å². The normalized spacial score (nSPS) is 25.9. The smallest absolute Gasteiger partial charge is 0.304 e. The molecule has 0 saturated carbocycles. The van der Waals surface area contributed by atoms with Gasteiger partial charge in [0.25, 0.3) is 0 Å². The molecule has 0 aromatic rings. The molecule has 58 valence electrons. The highest BCUT2D eigenvalue weighted by atomic mass is 16.7. The van der Waals surface area contributed by atoms with Crippen molar-refractivity contribution in [3.63, 3.8) is 0 Å². The molecule has 1 rings (SSSR count). The summed E-state index contributed by atoms with van der Waals surface area (Å²) in [6, 6.07) is 0. The van der Waals surface area contributed by atoms with E-state index in [9.17, 15) is 4.79 Å². The van der Waals surface area contributed by atoms with Gasteiger partial charge >= 0.3 is 5.97 Å². The van der Waals surface area contributed by atoms with Gasteiger partial charge in [0.05, 0.1) is 6.61 Å². The van der Waals surface area contributed by atoms with E-state index >= 15 is 0 Å². The van der Waals surface area contributed by atoms with Crippen molar-refractivity contribution < 1.29 is 14.3 Å². The van der Waals surface area contributed by atoms with Crippen LogP contribution in [0.15, 0.2) is 0 Å². The lowest BCUT2D eigenvalue weighted by atomic mass is 10.2. The lowest BCUT2D eigenvalue weighted by Crippen LogP contribution is -2.24. The second-order valence-electron chi connectivity index (χ2n) is 2.41. The molecule has 0 bridgehead atoms. The minimum absolute atomic E-state index is 0.257. The molecule has 0 N–H and O–H groups in total. The van der Waals surface area contributed by atoms with Crippen molar-refractivity contribution in [3.05, 3.63) is 0 Å². The predicted octanol–water partition coefficient (Wildman–Crippen LogP) is 1.08. The Kier molecular flexibility index (Phi) is 2.68. The van der Waals surface area contributed by atoms with Crippen molar-refractivity contribution in [2.75, 3.05) is 6.61 Å². The summed E-state index contributed by atoms with van der Waals surface area (Å²) in [5.41, 5.74) is 0. The largest absolute Gasteiger partial charge is 0.436 e. The summed E-state index contributed by atoms with van der Waals surface area (Å²) in [6.07, 6.45) is 2.75. The van der Waals surface area contributed by atoms with Crippen LogP contribution in [0.2, 0.25) is 0 Å². The molecule has 0 unspecified atom stereocenters. The van der Waals surface area contributed by atoms with Gasteiger partial charge in [-0.15, -0.1) is 0 Å². The fourth-order valence-electron chi connectivity index (χ4n) is 0.989. The molecule has 0 amide bonds. The molecular weight excluding hydrogens is 132 g/mol. The summed E-state index contributed by atoms with van der Waals surface area (Å²) >= 11 is 0. The van der Waals surface area contributed by atoms with E-state index in [4.69, 9.17) is 9.47 Å². The summed E-state index contributed by atoms with van der Waals surface area (Å²) in [5.74, 6) is -0.257. The van der Waals surface area contributed by atoms with E-state index in [-0.39, 0.29) is 12.3 Å². The molecule has 10 heavy (non-hydrogen) atoms. The lowest BCUT2D eigenvalue weighted by Gasteiger charge is -2.21. The Bertz CT molecular complexity index is 116. The van der Waals surface area contributed by atoms with Crippen LogP contribution in [0.1, 0.15) is 26.2 Å². The number of rotatable bonds is 1. The van der Waals surface area contributed by atoms with Gasteiger partial charge in [0.2, 0.25) is 6.29 Å². The number of ether oxygens (including phenoxy) is 2. The minimum Gasteiger partial charge on any atom is -0.436 e. The lowest BCUT2D eigenvalue weighted by molar-refractivity contribution is -0.184. The monoisotopic (exact) mass is 144 g/mol. The molecule has 3 nitrogen and oxygen atoms in total. The summed E-state index contributed by atoms with van der Waals surface area (Å²) < 4.78 is 9.98. The van der Waals surface area contributed by atoms with E-state index in [0.717, 1.165) is 25.9 Å². The molecule has 1 aliphatic rings. The highest BCUT2D eigenvalue weighted by Gasteiger charge is 2.15. The van der Waals surface area contributed by atoms with Crippen LogP contribution in [0.3, 0.4) is 0 Å². The van der Waals surface area contributed by atoms with Crippen molar-refractivity contribution in [3.8, 4) is 0 Å². The molecule has 1 fully saturated rings. The molecule has 0 radical (unpaired) electrons. The van der Waals surface area contributed by atoms with Crippen molar-refractivity contribution in [2.45, 2.75) is 32.5 Å². The first-order valence-corrected chi connectivity index (χ1v) is 3.58. The number of hydrogen-bond acceptors (Lipinski definition) is 3. The van der Waals surface area contributed by atoms with Gasteiger partial charge in [-0.25, -0.2) is 0 Å². The van der Waals surface area contributed by atoms with Gasteiger partial charge in [0, 0.05) is 13.3 Å². The van der Waals surface area contributed by atoms with Crippen molar-refractivity contribution in [2.24, 2.45) is 0 Å². The number of carbonyl (C=O) groups is 1. The third-order valence-corrected chi connectivity index (χ3v) is 1.44. The molecule has 0 aliphatic carbocycles. The first kappa shape index (κ1) is 7.54. The van der Waals surface area contributed by atoms with Gasteiger partial charge in [-0.2, -0.15) is 0 Å². The highest BCUT2D eigenvalue weighted by molar-refractivity contribution is 5.66. The fraction of sp³-hybridized carbons (Fsp3) is 0.857. The maximum absolute atomic E-state index is 10.4. The zero-order valence-corrected chi connectivity index (χ0v) is 6.13. The van der Waals surface area contributed by atoms with Gasteiger partial charge in [0.15, 0.2) is 0 Å². The van der Waals surface area contributed by atoms with Gasteiger partial charge in [0.1, 0.15) is 0 Å². The molecule has 0 aromatic heterocycles. The summed E-state index contributed by atoms with van der Waals surface area (Å²) in [5, 5.41) is 0. The summed E-state index contributed by atoms with van der Waals surface area (Å²) in [4.78, 5) is 10.4. The maximum Gasteiger partial charge on any atom is 0.304 e. The van der Waals surface area contributed by atoms with Crippen LogP contribution in [0.5, 0.6) is 0 Å². The third-order valence-electron chi connectivity index (χ3n) is 1.44. The van der Waals surface area contributed by atoms with E-state index in [1.54, 1.807) is 0 Å². The molecule has 1 heterocycles. The topological polar surface area (TPSA) is 35.5 Å². The molecule has 0 spiro atoms. The molecular formula is C7H12O3. The Hall–Kier alpha value is -0.570. The summed E-state index contributed by atoms with van der Waals surface area (Å²) in [7, 11) is 0. The Labute approximate surface area is 60.3 Å². The predicted molar refractivity (Wildman–Crippen MR) is 35.4 cm³/mol. The average Bonchev–Trinajstić information content (AvgIpc) is 1.88. The zero-order valence-electron chi connectivity index (χ0n) is 6.13. The van der Waals surface area contributed by atoms with E-state index in [2.05, 4.69) is 0 Å². The number of hydrogen-bond donors (Lipinski definition) is 0. The van der Waals surface area contributed by atoms with Crippen LogP contribution in [-0.2, 0) is 14.3 Å². The standard InChI is InChI=1S/C7H12O3/c1-6(8)10-7-4-2-3-5-9-7/h7H,2-5H2,1H3/t7-/m1/s1. The van der Waals surface area contributed by atoms with E-state index in [1.165, 1.54) is 6.92 Å². The average molecular weight is 144 g/mol. The summed E-state index contributed by atoms with van der Waals surface area (Å²) in [6.45, 7) is 2.12. The Morgan fingerprint density at radius 2 is 2.40 bits per heavy atom. The molecule has 3 heteroatoms. The van der Waals surface area contributed by atoms with Crippen molar-refractivity contribution in [1.29, 1.82) is 0 Å². The van der Waals surface area contributed by atoms with Gasteiger partial charge in [-0.05, 0) is 12.8 Å². The van der Waals surface area contributed by atoms with E-state index in [1.807, 2.05) is 0 Å². The number of carbonyl (C=O) groups excluding carboxylic acids is 1. The highest BCUT2D eigenvalue weighted by Crippen LogP contribution is 2.13. The molecule has 1 saturated heterocycles. The van der Waals surface area contributed by atoms with Crippen molar-refractivity contribution in [1.82, 2.24) is 0 Å². The van der Waals surface area contributed by atoms with Crippen LogP contribution < -0.4 is 0 Å². The number of esters is 1. The van der Waals surface area contributed by atoms with E-state index < -0.39 is 0 Å². The first-order valence-electron chi connectivity index (χ1n) is 3.58. The molecule has 0 aromatic carbocycles. The van der Waals surface area contributed by atoms with Gasteiger partial charge in [-0.3, -0.25) is 4.79 Å². The minimum atomic E-state index is -0.272. The van der Waals surface area contributed by atoms with Crippen LogP contribution in [-0.4, -0.2) is 18.9 Å². The zero-order chi connectivity index (χ0) is 7.40. The Balaban J connectivity index is 2.19. The van der Waals surface area contributed by atoms with Crippen LogP contribution in [0.25, 0.3) is 0 Å². The molecule has 1 aliphatic heterocycles.